The average molecular weight is 313 g/mol. The average Bonchev–Trinajstić information content (AvgIpc) is 3.10. The number of hydrogen-bond donors (Lipinski definition) is 1. The van der Waals surface area contributed by atoms with Gasteiger partial charge in [0.15, 0.2) is 0 Å². The van der Waals surface area contributed by atoms with Gasteiger partial charge in [-0.15, -0.1) is 0 Å². The van der Waals surface area contributed by atoms with Gasteiger partial charge in [-0.1, -0.05) is 18.2 Å². The van der Waals surface area contributed by atoms with Crippen LogP contribution in [0.3, 0.4) is 0 Å². The zero-order chi connectivity index (χ0) is 16.1. The highest BCUT2D eigenvalue weighted by molar-refractivity contribution is 5.46. The second-order valence-electron chi connectivity index (χ2n) is 6.50. The number of anilines is 1. The Kier molecular flexibility index (Phi) is 5.36. The predicted octanol–water partition coefficient (Wildman–Crippen LogP) is 3.14. The SMILES string of the molecule is CN(C)[C@H](CNC1CCN(c2ccccc2)CC1)c1ccco1. The van der Waals surface area contributed by atoms with Crippen molar-refractivity contribution in [3.8, 4) is 0 Å². The number of rotatable bonds is 6. The van der Waals surface area contributed by atoms with E-state index in [0.717, 1.165) is 25.4 Å². The molecule has 1 aromatic carbocycles. The van der Waals surface area contributed by atoms with Crippen LogP contribution in [0.15, 0.2) is 53.1 Å². The van der Waals surface area contributed by atoms with Crippen molar-refractivity contribution < 1.29 is 4.42 Å². The van der Waals surface area contributed by atoms with Gasteiger partial charge < -0.3 is 14.6 Å². The fourth-order valence-corrected chi connectivity index (χ4v) is 3.28. The number of nitrogens with zero attached hydrogens (tertiary/aromatic N) is 2. The molecule has 1 N–H and O–H groups in total. The molecule has 2 heterocycles. The first kappa shape index (κ1) is 16.1. The maximum atomic E-state index is 5.58. The molecular formula is C19H27N3O. The Hall–Kier alpha value is -1.78. The lowest BCUT2D eigenvalue weighted by atomic mass is 10.0. The lowest BCUT2D eigenvalue weighted by molar-refractivity contribution is 0.238. The topological polar surface area (TPSA) is 31.6 Å². The molecule has 23 heavy (non-hydrogen) atoms. The largest absolute Gasteiger partial charge is 0.468 e. The Morgan fingerprint density at radius 1 is 1.13 bits per heavy atom. The summed E-state index contributed by atoms with van der Waals surface area (Å²) in [6, 6.07) is 15.6. The van der Waals surface area contributed by atoms with Crippen LogP contribution in [0.1, 0.15) is 24.6 Å². The highest BCUT2D eigenvalue weighted by Crippen LogP contribution is 2.21. The number of para-hydroxylation sites is 1. The molecule has 4 nitrogen and oxygen atoms in total. The molecule has 1 atom stereocenters. The third-order valence-electron chi connectivity index (χ3n) is 4.71. The van der Waals surface area contributed by atoms with Crippen LogP contribution in [0.25, 0.3) is 0 Å². The zero-order valence-corrected chi connectivity index (χ0v) is 14.1. The van der Waals surface area contributed by atoms with E-state index >= 15 is 0 Å². The van der Waals surface area contributed by atoms with E-state index in [2.05, 4.69) is 65.6 Å². The summed E-state index contributed by atoms with van der Waals surface area (Å²) >= 11 is 0. The van der Waals surface area contributed by atoms with Crippen molar-refractivity contribution in [2.75, 3.05) is 38.6 Å². The molecule has 0 amide bonds. The first-order valence-corrected chi connectivity index (χ1v) is 8.47. The number of hydrogen-bond acceptors (Lipinski definition) is 4. The van der Waals surface area contributed by atoms with E-state index < -0.39 is 0 Å². The van der Waals surface area contributed by atoms with E-state index in [1.807, 2.05) is 6.07 Å². The summed E-state index contributed by atoms with van der Waals surface area (Å²) in [6.45, 7) is 3.17. The van der Waals surface area contributed by atoms with Crippen molar-refractivity contribution >= 4 is 5.69 Å². The van der Waals surface area contributed by atoms with Gasteiger partial charge in [-0.3, -0.25) is 4.90 Å². The molecule has 3 rings (SSSR count). The van der Waals surface area contributed by atoms with Crippen LogP contribution in [0.2, 0.25) is 0 Å². The Bertz CT molecular complexity index is 560. The van der Waals surface area contributed by atoms with Crippen molar-refractivity contribution in [1.82, 2.24) is 10.2 Å². The lowest BCUT2D eigenvalue weighted by Gasteiger charge is -2.35. The van der Waals surface area contributed by atoms with Gasteiger partial charge in [-0.05, 0) is 51.2 Å². The van der Waals surface area contributed by atoms with Gasteiger partial charge in [0.25, 0.3) is 0 Å². The molecule has 1 aliphatic heterocycles. The van der Waals surface area contributed by atoms with Gasteiger partial charge in [0.2, 0.25) is 0 Å². The molecule has 1 fully saturated rings. The summed E-state index contributed by atoms with van der Waals surface area (Å²) in [5, 5.41) is 3.73. The molecule has 2 aromatic rings. The van der Waals surface area contributed by atoms with Crippen LogP contribution in [0, 0.1) is 0 Å². The predicted molar refractivity (Wildman–Crippen MR) is 94.8 cm³/mol. The highest BCUT2D eigenvalue weighted by atomic mass is 16.3. The maximum absolute atomic E-state index is 5.58. The van der Waals surface area contributed by atoms with Crippen molar-refractivity contribution in [3.63, 3.8) is 0 Å². The third-order valence-corrected chi connectivity index (χ3v) is 4.71. The Morgan fingerprint density at radius 3 is 2.48 bits per heavy atom. The monoisotopic (exact) mass is 313 g/mol. The van der Waals surface area contributed by atoms with Crippen LogP contribution >= 0.6 is 0 Å². The zero-order valence-electron chi connectivity index (χ0n) is 14.1. The van der Waals surface area contributed by atoms with Crippen molar-refractivity contribution in [3.05, 3.63) is 54.5 Å². The molecule has 4 heteroatoms. The molecular weight excluding hydrogens is 286 g/mol. The minimum absolute atomic E-state index is 0.289. The number of furan rings is 1. The molecule has 1 saturated heterocycles. The first-order chi connectivity index (χ1) is 11.2. The van der Waals surface area contributed by atoms with Gasteiger partial charge in [0, 0.05) is 31.4 Å². The van der Waals surface area contributed by atoms with Crippen LogP contribution in [0.4, 0.5) is 5.69 Å². The van der Waals surface area contributed by atoms with Crippen LogP contribution in [0.5, 0.6) is 0 Å². The normalized spacial score (nSPS) is 17.6. The fraction of sp³-hybridized carbons (Fsp3) is 0.474. The summed E-state index contributed by atoms with van der Waals surface area (Å²) < 4.78 is 5.58. The third kappa shape index (κ3) is 4.15. The minimum atomic E-state index is 0.289. The Balaban J connectivity index is 1.49. The van der Waals surface area contributed by atoms with Gasteiger partial charge in [0.1, 0.15) is 5.76 Å². The number of benzene rings is 1. The smallest absolute Gasteiger partial charge is 0.122 e. The molecule has 0 aliphatic carbocycles. The fourth-order valence-electron chi connectivity index (χ4n) is 3.28. The van der Waals surface area contributed by atoms with E-state index in [4.69, 9.17) is 4.42 Å². The van der Waals surface area contributed by atoms with E-state index in [-0.39, 0.29) is 6.04 Å². The maximum Gasteiger partial charge on any atom is 0.122 e. The summed E-state index contributed by atoms with van der Waals surface area (Å²) in [7, 11) is 4.21. The molecule has 1 aromatic heterocycles. The van der Waals surface area contributed by atoms with E-state index in [1.165, 1.54) is 18.5 Å². The Labute approximate surface area is 139 Å². The van der Waals surface area contributed by atoms with E-state index in [9.17, 15) is 0 Å². The highest BCUT2D eigenvalue weighted by Gasteiger charge is 2.22. The van der Waals surface area contributed by atoms with Crippen molar-refractivity contribution in [2.45, 2.75) is 24.9 Å². The molecule has 0 saturated carbocycles. The van der Waals surface area contributed by atoms with Crippen LogP contribution < -0.4 is 10.2 Å². The summed E-state index contributed by atoms with van der Waals surface area (Å²) in [5.41, 5.74) is 1.34. The molecule has 0 spiro atoms. The molecule has 0 bridgehead atoms. The van der Waals surface area contributed by atoms with Gasteiger partial charge in [-0.2, -0.15) is 0 Å². The Morgan fingerprint density at radius 2 is 1.87 bits per heavy atom. The second-order valence-corrected chi connectivity index (χ2v) is 6.50. The van der Waals surface area contributed by atoms with Crippen molar-refractivity contribution in [2.24, 2.45) is 0 Å². The van der Waals surface area contributed by atoms with Gasteiger partial charge in [0.05, 0.1) is 12.3 Å². The van der Waals surface area contributed by atoms with Crippen LogP contribution in [-0.2, 0) is 0 Å². The molecule has 0 unspecified atom stereocenters. The number of likely N-dealkylation sites (N-methyl/N-ethyl adjacent to an activating group) is 1. The van der Waals surface area contributed by atoms with Gasteiger partial charge >= 0.3 is 0 Å². The summed E-state index contributed by atoms with van der Waals surface area (Å²) in [4.78, 5) is 4.69. The van der Waals surface area contributed by atoms with E-state index in [0.29, 0.717) is 6.04 Å². The molecule has 1 aliphatic rings. The molecule has 124 valence electrons. The lowest BCUT2D eigenvalue weighted by Crippen LogP contribution is -2.44. The minimum Gasteiger partial charge on any atom is -0.468 e. The van der Waals surface area contributed by atoms with E-state index in [1.54, 1.807) is 6.26 Å². The standard InChI is InChI=1S/C19H27N3O/c1-21(2)18(19-9-6-14-23-19)15-20-16-10-12-22(13-11-16)17-7-4-3-5-8-17/h3-9,14,16,18,20H,10-13,15H2,1-2H3/t18-/m1/s1. The summed E-state index contributed by atoms with van der Waals surface area (Å²) in [6.07, 6.45) is 4.13. The number of nitrogens with one attached hydrogen (secondary N) is 1. The van der Waals surface area contributed by atoms with Crippen LogP contribution in [-0.4, -0.2) is 44.7 Å². The number of piperidine rings is 1. The first-order valence-electron chi connectivity index (χ1n) is 8.47. The molecule has 0 radical (unpaired) electrons. The second kappa shape index (κ2) is 7.66. The van der Waals surface area contributed by atoms with Crippen molar-refractivity contribution in [1.29, 1.82) is 0 Å². The summed E-state index contributed by atoms with van der Waals surface area (Å²) in [5.74, 6) is 1.03. The van der Waals surface area contributed by atoms with Gasteiger partial charge in [-0.25, -0.2) is 0 Å². The quantitative estimate of drug-likeness (QED) is 0.888.